The summed E-state index contributed by atoms with van der Waals surface area (Å²) in [5.74, 6) is 0.872. The highest BCUT2D eigenvalue weighted by molar-refractivity contribution is 8.00. The standard InChI is InChI=1S/C15H14N2O4S2/c16-14(19)10-3-6-22-15(10)17-13(18)8-23-9-1-2-11-12(7-9)21-5-4-20-11/h1-3,6-7H,4-5,8H2,(H2,16,19)(H,17,18). The summed E-state index contributed by atoms with van der Waals surface area (Å²) in [5.41, 5.74) is 5.58. The quantitative estimate of drug-likeness (QED) is 0.808. The molecule has 23 heavy (non-hydrogen) atoms. The number of rotatable bonds is 5. The monoisotopic (exact) mass is 350 g/mol. The van der Waals surface area contributed by atoms with E-state index in [1.807, 2.05) is 18.2 Å². The number of carbonyl (C=O) groups is 2. The van der Waals surface area contributed by atoms with Crippen LogP contribution in [0.1, 0.15) is 10.4 Å². The molecule has 3 rings (SSSR count). The van der Waals surface area contributed by atoms with Crippen molar-refractivity contribution in [3.63, 3.8) is 0 Å². The molecule has 120 valence electrons. The summed E-state index contributed by atoms with van der Waals surface area (Å²) in [6.45, 7) is 1.07. The first kappa shape index (κ1) is 15.7. The van der Waals surface area contributed by atoms with Crippen molar-refractivity contribution in [3.05, 3.63) is 35.2 Å². The molecule has 3 N–H and O–H groups in total. The van der Waals surface area contributed by atoms with E-state index in [9.17, 15) is 9.59 Å². The lowest BCUT2D eigenvalue weighted by Crippen LogP contribution is -2.17. The van der Waals surface area contributed by atoms with Crippen LogP contribution in [-0.2, 0) is 4.79 Å². The first-order valence-corrected chi connectivity index (χ1v) is 8.69. The van der Waals surface area contributed by atoms with E-state index in [4.69, 9.17) is 15.2 Å². The molecule has 8 heteroatoms. The van der Waals surface area contributed by atoms with Gasteiger partial charge in [0.25, 0.3) is 5.91 Å². The van der Waals surface area contributed by atoms with Gasteiger partial charge in [-0.3, -0.25) is 9.59 Å². The van der Waals surface area contributed by atoms with Gasteiger partial charge >= 0.3 is 0 Å². The largest absolute Gasteiger partial charge is 0.486 e. The Morgan fingerprint density at radius 1 is 1.22 bits per heavy atom. The summed E-state index contributed by atoms with van der Waals surface area (Å²) in [6.07, 6.45) is 0. The Hall–Kier alpha value is -2.19. The SMILES string of the molecule is NC(=O)c1ccsc1NC(=O)CSc1ccc2c(c1)OCCO2. The van der Waals surface area contributed by atoms with Crippen LogP contribution < -0.4 is 20.5 Å². The Morgan fingerprint density at radius 2 is 2.00 bits per heavy atom. The third kappa shape index (κ3) is 3.77. The Kier molecular flexibility index (Phi) is 4.73. The number of nitrogens with one attached hydrogen (secondary N) is 1. The van der Waals surface area contributed by atoms with Gasteiger partial charge in [-0.1, -0.05) is 0 Å². The molecule has 2 amide bonds. The number of amides is 2. The number of ether oxygens (including phenoxy) is 2. The van der Waals surface area contributed by atoms with Crippen molar-refractivity contribution in [2.45, 2.75) is 4.90 Å². The number of carbonyl (C=O) groups excluding carboxylic acids is 2. The van der Waals surface area contributed by atoms with Crippen LogP contribution in [0.5, 0.6) is 11.5 Å². The number of nitrogens with two attached hydrogens (primary N) is 1. The van der Waals surface area contributed by atoms with Crippen molar-refractivity contribution in [1.29, 1.82) is 0 Å². The minimum Gasteiger partial charge on any atom is -0.486 e. The van der Waals surface area contributed by atoms with Gasteiger partial charge in [-0.05, 0) is 29.6 Å². The normalized spacial score (nSPS) is 12.7. The number of hydrogen-bond acceptors (Lipinski definition) is 6. The number of thiophene rings is 1. The summed E-state index contributed by atoms with van der Waals surface area (Å²) in [6, 6.07) is 7.16. The second-order valence-corrected chi connectivity index (χ2v) is 6.63. The van der Waals surface area contributed by atoms with Gasteiger partial charge in [0.15, 0.2) is 11.5 Å². The third-order valence-electron chi connectivity index (χ3n) is 3.07. The first-order chi connectivity index (χ1) is 11.1. The lowest BCUT2D eigenvalue weighted by atomic mass is 10.3. The van der Waals surface area contributed by atoms with Gasteiger partial charge in [0.2, 0.25) is 5.91 Å². The zero-order chi connectivity index (χ0) is 16.2. The third-order valence-corrected chi connectivity index (χ3v) is 4.89. The van der Waals surface area contributed by atoms with Crippen molar-refractivity contribution in [3.8, 4) is 11.5 Å². The Morgan fingerprint density at radius 3 is 2.78 bits per heavy atom. The molecule has 1 aliphatic rings. The van der Waals surface area contributed by atoms with E-state index >= 15 is 0 Å². The number of benzene rings is 1. The maximum Gasteiger partial charge on any atom is 0.251 e. The zero-order valence-electron chi connectivity index (χ0n) is 12.0. The summed E-state index contributed by atoms with van der Waals surface area (Å²) >= 11 is 2.65. The predicted molar refractivity (Wildman–Crippen MR) is 89.6 cm³/mol. The van der Waals surface area contributed by atoms with Crippen LogP contribution in [0.25, 0.3) is 0 Å². The minimum absolute atomic E-state index is 0.199. The molecule has 1 aromatic carbocycles. The van der Waals surface area contributed by atoms with Crippen LogP contribution in [0.4, 0.5) is 5.00 Å². The fraction of sp³-hybridized carbons (Fsp3) is 0.200. The fourth-order valence-corrected chi connectivity index (χ4v) is 3.56. The number of hydrogen-bond donors (Lipinski definition) is 2. The van der Waals surface area contributed by atoms with Crippen molar-refractivity contribution in [1.82, 2.24) is 0 Å². The molecule has 0 bridgehead atoms. The second-order valence-electron chi connectivity index (χ2n) is 4.67. The number of primary amides is 1. The number of thioether (sulfide) groups is 1. The smallest absolute Gasteiger partial charge is 0.251 e. The van der Waals surface area contributed by atoms with E-state index in [0.717, 1.165) is 10.6 Å². The molecule has 0 aliphatic carbocycles. The summed E-state index contributed by atoms with van der Waals surface area (Å²) in [7, 11) is 0. The fourth-order valence-electron chi connectivity index (χ4n) is 2.03. The van der Waals surface area contributed by atoms with E-state index in [1.54, 1.807) is 11.4 Å². The van der Waals surface area contributed by atoms with E-state index in [2.05, 4.69) is 5.32 Å². The van der Waals surface area contributed by atoms with Crippen molar-refractivity contribution in [2.75, 3.05) is 24.3 Å². The van der Waals surface area contributed by atoms with E-state index < -0.39 is 5.91 Å². The van der Waals surface area contributed by atoms with Crippen LogP contribution in [0.3, 0.4) is 0 Å². The van der Waals surface area contributed by atoms with Crippen LogP contribution in [0.2, 0.25) is 0 Å². The van der Waals surface area contributed by atoms with Crippen LogP contribution in [-0.4, -0.2) is 30.8 Å². The minimum atomic E-state index is -0.555. The van der Waals surface area contributed by atoms with Crippen LogP contribution in [0.15, 0.2) is 34.5 Å². The summed E-state index contributed by atoms with van der Waals surface area (Å²) in [5, 5.41) is 4.90. The topological polar surface area (TPSA) is 90.7 Å². The molecule has 0 atom stereocenters. The van der Waals surface area contributed by atoms with Crippen molar-refractivity contribution < 1.29 is 19.1 Å². The maximum absolute atomic E-state index is 12.0. The van der Waals surface area contributed by atoms with E-state index in [0.29, 0.717) is 29.5 Å². The van der Waals surface area contributed by atoms with E-state index in [-0.39, 0.29) is 11.7 Å². The van der Waals surface area contributed by atoms with Crippen molar-refractivity contribution >= 4 is 39.9 Å². The highest BCUT2D eigenvalue weighted by atomic mass is 32.2. The average molecular weight is 350 g/mol. The van der Waals surface area contributed by atoms with Crippen LogP contribution >= 0.6 is 23.1 Å². The molecule has 0 saturated carbocycles. The Balaban J connectivity index is 1.58. The molecule has 2 aromatic rings. The molecule has 2 heterocycles. The van der Waals surface area contributed by atoms with Crippen molar-refractivity contribution in [2.24, 2.45) is 5.73 Å². The van der Waals surface area contributed by atoms with Gasteiger partial charge in [-0.25, -0.2) is 0 Å². The molecule has 0 unspecified atom stereocenters. The van der Waals surface area contributed by atoms with Gasteiger partial charge in [0.1, 0.15) is 18.2 Å². The molecule has 1 aliphatic heterocycles. The van der Waals surface area contributed by atoms with Gasteiger partial charge in [0, 0.05) is 4.90 Å². The molecule has 0 radical (unpaired) electrons. The van der Waals surface area contributed by atoms with Gasteiger partial charge in [0.05, 0.1) is 11.3 Å². The lowest BCUT2D eigenvalue weighted by molar-refractivity contribution is -0.113. The van der Waals surface area contributed by atoms with Gasteiger partial charge in [-0.15, -0.1) is 23.1 Å². The molecule has 0 fully saturated rings. The average Bonchev–Trinajstić information content (AvgIpc) is 3.01. The molecule has 0 saturated heterocycles. The van der Waals surface area contributed by atoms with Gasteiger partial charge in [-0.2, -0.15) is 0 Å². The summed E-state index contributed by atoms with van der Waals surface area (Å²) < 4.78 is 11.0. The highest BCUT2D eigenvalue weighted by Gasteiger charge is 2.14. The molecule has 1 aromatic heterocycles. The predicted octanol–water partition coefficient (Wildman–Crippen LogP) is 2.35. The second kappa shape index (κ2) is 6.93. The summed E-state index contributed by atoms with van der Waals surface area (Å²) in [4.78, 5) is 24.1. The zero-order valence-corrected chi connectivity index (χ0v) is 13.7. The van der Waals surface area contributed by atoms with E-state index in [1.165, 1.54) is 23.1 Å². The molecular weight excluding hydrogens is 336 g/mol. The first-order valence-electron chi connectivity index (χ1n) is 6.83. The number of fused-ring (bicyclic) bond motifs is 1. The Bertz CT molecular complexity index is 745. The molecular formula is C15H14N2O4S2. The number of anilines is 1. The molecule has 0 spiro atoms. The maximum atomic E-state index is 12.0. The Labute approximate surface area is 141 Å². The molecule has 6 nitrogen and oxygen atoms in total. The highest BCUT2D eigenvalue weighted by Crippen LogP contribution is 2.34. The van der Waals surface area contributed by atoms with Gasteiger partial charge < -0.3 is 20.5 Å². The van der Waals surface area contributed by atoms with Crippen LogP contribution in [0, 0.1) is 0 Å². The lowest BCUT2D eigenvalue weighted by Gasteiger charge is -2.18.